The van der Waals surface area contributed by atoms with Gasteiger partial charge in [-0.2, -0.15) is 0 Å². The number of H-pyrrole nitrogens is 1. The molecule has 2 rings (SSSR count). The highest BCUT2D eigenvalue weighted by molar-refractivity contribution is 8.04. The third-order valence-corrected chi connectivity index (χ3v) is 3.88. The Hall–Kier alpha value is -2.28. The Balaban J connectivity index is 2.29. The number of hydrogen-bond acceptors (Lipinski definition) is 6. The summed E-state index contributed by atoms with van der Waals surface area (Å²) in [4.78, 5) is 15.6. The molecule has 0 aliphatic rings. The molecular formula is C15H16N3O3S-. The van der Waals surface area contributed by atoms with E-state index in [1.165, 1.54) is 0 Å². The van der Waals surface area contributed by atoms with E-state index in [9.17, 15) is 9.90 Å². The summed E-state index contributed by atoms with van der Waals surface area (Å²) in [7, 11) is 1.58. The van der Waals surface area contributed by atoms with Crippen LogP contribution in [0.4, 0.5) is 0 Å². The minimum Gasteiger partial charge on any atom is -0.544 e. The van der Waals surface area contributed by atoms with Crippen molar-refractivity contribution in [2.45, 2.75) is 25.4 Å². The number of benzene rings is 1. The zero-order valence-corrected chi connectivity index (χ0v) is 13.4. The summed E-state index contributed by atoms with van der Waals surface area (Å²) in [6, 6.07) is 5.41. The third kappa shape index (κ3) is 3.88. The molecule has 22 heavy (non-hydrogen) atoms. The van der Waals surface area contributed by atoms with Gasteiger partial charge in [-0.3, -0.25) is 5.10 Å². The first-order chi connectivity index (χ1) is 10.5. The van der Waals surface area contributed by atoms with E-state index in [2.05, 4.69) is 15.2 Å². The Morgan fingerprint density at radius 3 is 2.82 bits per heavy atom. The monoisotopic (exact) mass is 318 g/mol. The van der Waals surface area contributed by atoms with Crippen LogP contribution in [0.5, 0.6) is 5.75 Å². The predicted octanol–water partition coefficient (Wildman–Crippen LogP) is 1.57. The third-order valence-electron chi connectivity index (χ3n) is 3.01. The minimum atomic E-state index is -1.26. The van der Waals surface area contributed by atoms with Gasteiger partial charge in [-0.05, 0) is 48.0 Å². The number of hydrogen-bond donors (Lipinski definition) is 1. The fourth-order valence-corrected chi connectivity index (χ4v) is 2.50. The number of ether oxygens (including phenoxy) is 1. The number of carbonyl (C=O) groups is 1. The number of carbonyl (C=O) groups excluding carboxylic acids is 1. The number of aromatic nitrogens is 3. The molecule has 0 aliphatic heterocycles. The number of rotatable bonds is 6. The molecule has 1 aromatic heterocycles. The molecule has 0 amide bonds. The second-order valence-corrected chi connectivity index (χ2v) is 5.55. The molecule has 0 unspecified atom stereocenters. The van der Waals surface area contributed by atoms with Gasteiger partial charge in [0.1, 0.15) is 11.6 Å². The van der Waals surface area contributed by atoms with Gasteiger partial charge in [-0.1, -0.05) is 13.0 Å². The SMILES string of the molecule is CCc1nc(S/C(=C\c2ccc(OC)cc2C)C(=O)[O-])n[nH]1. The topological polar surface area (TPSA) is 90.9 Å². The number of nitrogens with zero attached hydrogens (tertiary/aromatic N) is 2. The molecular weight excluding hydrogens is 302 g/mol. The number of aromatic amines is 1. The van der Waals surface area contributed by atoms with Crippen molar-refractivity contribution in [1.29, 1.82) is 0 Å². The maximum absolute atomic E-state index is 11.3. The number of aryl methyl sites for hydroxylation is 2. The maximum Gasteiger partial charge on any atom is 0.213 e. The van der Waals surface area contributed by atoms with Crippen LogP contribution in [0.2, 0.25) is 0 Å². The fourth-order valence-electron chi connectivity index (χ4n) is 1.79. The molecule has 116 valence electrons. The number of carboxylic acids is 1. The molecule has 0 radical (unpaired) electrons. The lowest BCUT2D eigenvalue weighted by Crippen LogP contribution is -2.23. The Labute approximate surface area is 132 Å². The summed E-state index contributed by atoms with van der Waals surface area (Å²) in [5, 5.41) is 18.4. The first kappa shape index (κ1) is 16.1. The molecule has 0 fully saturated rings. The van der Waals surface area contributed by atoms with E-state index in [-0.39, 0.29) is 4.91 Å². The Morgan fingerprint density at radius 1 is 1.50 bits per heavy atom. The first-order valence-corrected chi connectivity index (χ1v) is 7.52. The summed E-state index contributed by atoms with van der Waals surface area (Å²) in [6.07, 6.45) is 2.26. The molecule has 7 heteroatoms. The lowest BCUT2D eigenvalue weighted by Gasteiger charge is -2.08. The Bertz CT molecular complexity index is 710. The second-order valence-electron chi connectivity index (χ2n) is 4.54. The van der Waals surface area contributed by atoms with Crippen LogP contribution in [0.25, 0.3) is 6.08 Å². The average Bonchev–Trinajstić information content (AvgIpc) is 2.95. The Kier molecular flexibility index (Phi) is 5.21. The first-order valence-electron chi connectivity index (χ1n) is 6.70. The van der Waals surface area contributed by atoms with E-state index < -0.39 is 5.97 Å². The molecule has 0 saturated heterocycles. The summed E-state index contributed by atoms with van der Waals surface area (Å²) in [6.45, 7) is 3.82. The van der Waals surface area contributed by atoms with Crippen LogP contribution in [0.3, 0.4) is 0 Å². The fraction of sp³-hybridized carbons (Fsp3) is 0.267. The van der Waals surface area contributed by atoms with Gasteiger partial charge in [0, 0.05) is 11.3 Å². The number of aliphatic carboxylic acids is 1. The van der Waals surface area contributed by atoms with Crippen LogP contribution < -0.4 is 9.84 Å². The molecule has 1 aromatic carbocycles. The van der Waals surface area contributed by atoms with E-state index in [1.807, 2.05) is 19.9 Å². The van der Waals surface area contributed by atoms with Crippen molar-refractivity contribution in [3.8, 4) is 5.75 Å². The van der Waals surface area contributed by atoms with Crippen molar-refractivity contribution >= 4 is 23.8 Å². The molecule has 1 heterocycles. The lowest BCUT2D eigenvalue weighted by atomic mass is 10.1. The molecule has 2 aromatic rings. The molecule has 0 aliphatic carbocycles. The van der Waals surface area contributed by atoms with Crippen LogP contribution >= 0.6 is 11.8 Å². The molecule has 0 bridgehead atoms. The van der Waals surface area contributed by atoms with Crippen LogP contribution in [0.1, 0.15) is 23.9 Å². The van der Waals surface area contributed by atoms with Gasteiger partial charge in [0.05, 0.1) is 13.1 Å². The summed E-state index contributed by atoms with van der Waals surface area (Å²) in [5.74, 6) is 0.169. The van der Waals surface area contributed by atoms with E-state index >= 15 is 0 Å². The van der Waals surface area contributed by atoms with E-state index in [4.69, 9.17) is 4.74 Å². The van der Waals surface area contributed by atoms with Crippen LogP contribution in [0.15, 0.2) is 28.3 Å². The van der Waals surface area contributed by atoms with Crippen molar-refractivity contribution < 1.29 is 14.6 Å². The highest BCUT2D eigenvalue weighted by Crippen LogP contribution is 2.27. The largest absolute Gasteiger partial charge is 0.544 e. The summed E-state index contributed by atoms with van der Waals surface area (Å²) >= 11 is 0.961. The molecule has 6 nitrogen and oxygen atoms in total. The van der Waals surface area contributed by atoms with Gasteiger partial charge >= 0.3 is 0 Å². The van der Waals surface area contributed by atoms with Gasteiger partial charge < -0.3 is 14.6 Å². The molecule has 0 atom stereocenters. The summed E-state index contributed by atoms with van der Waals surface area (Å²) < 4.78 is 5.13. The zero-order chi connectivity index (χ0) is 16.1. The van der Waals surface area contributed by atoms with Crippen molar-refractivity contribution in [3.63, 3.8) is 0 Å². The number of nitrogens with one attached hydrogen (secondary N) is 1. The smallest absolute Gasteiger partial charge is 0.213 e. The van der Waals surface area contributed by atoms with Crippen molar-refractivity contribution in [3.05, 3.63) is 40.1 Å². The van der Waals surface area contributed by atoms with Gasteiger partial charge in [0.2, 0.25) is 5.16 Å². The van der Waals surface area contributed by atoms with Gasteiger partial charge in [0.15, 0.2) is 0 Å². The predicted molar refractivity (Wildman–Crippen MR) is 82.3 cm³/mol. The standard InChI is InChI=1S/C15H17N3O3S/c1-4-13-16-15(18-17-13)22-12(14(19)20)8-10-5-6-11(21-3)7-9(10)2/h5-8H,4H2,1-3H3,(H,19,20)(H,16,17,18)/p-1/b12-8-. The summed E-state index contributed by atoms with van der Waals surface area (Å²) in [5.41, 5.74) is 1.68. The van der Waals surface area contributed by atoms with Crippen LogP contribution in [0, 0.1) is 6.92 Å². The average molecular weight is 318 g/mol. The van der Waals surface area contributed by atoms with Gasteiger partial charge in [-0.15, -0.1) is 5.10 Å². The minimum absolute atomic E-state index is 0.0509. The van der Waals surface area contributed by atoms with E-state index in [0.717, 1.165) is 28.6 Å². The number of thioether (sulfide) groups is 1. The molecule has 1 N–H and O–H groups in total. The quantitative estimate of drug-likeness (QED) is 0.642. The van der Waals surface area contributed by atoms with Gasteiger partial charge in [-0.25, -0.2) is 4.98 Å². The number of methoxy groups -OCH3 is 1. The van der Waals surface area contributed by atoms with E-state index in [1.54, 1.807) is 25.3 Å². The maximum atomic E-state index is 11.3. The van der Waals surface area contributed by atoms with Crippen molar-refractivity contribution in [2.75, 3.05) is 7.11 Å². The van der Waals surface area contributed by atoms with Crippen LogP contribution in [-0.2, 0) is 11.2 Å². The van der Waals surface area contributed by atoms with Crippen molar-refractivity contribution in [1.82, 2.24) is 15.2 Å². The molecule has 0 spiro atoms. The van der Waals surface area contributed by atoms with Gasteiger partial charge in [0.25, 0.3) is 0 Å². The second kappa shape index (κ2) is 7.13. The molecule has 0 saturated carbocycles. The highest BCUT2D eigenvalue weighted by Gasteiger charge is 2.09. The number of carboxylic acid groups (broad SMARTS) is 1. The normalized spacial score (nSPS) is 11.5. The van der Waals surface area contributed by atoms with Crippen molar-refractivity contribution in [2.24, 2.45) is 0 Å². The highest BCUT2D eigenvalue weighted by atomic mass is 32.2. The Morgan fingerprint density at radius 2 is 2.27 bits per heavy atom. The lowest BCUT2D eigenvalue weighted by molar-refractivity contribution is -0.297. The van der Waals surface area contributed by atoms with Crippen LogP contribution in [-0.4, -0.2) is 28.3 Å². The zero-order valence-electron chi connectivity index (χ0n) is 12.5. The van der Waals surface area contributed by atoms with E-state index in [0.29, 0.717) is 17.4 Å².